The van der Waals surface area contributed by atoms with Crippen LogP contribution in [0.4, 0.5) is 0 Å². The predicted molar refractivity (Wildman–Crippen MR) is 41.8 cm³/mol. The standard InChI is InChI=1S/C5H6IN/c1-3-4-5(6)7-2/h3-4H,1-2H2/b5-4-. The molecule has 0 heterocycles. The van der Waals surface area contributed by atoms with Gasteiger partial charge >= 0.3 is 0 Å². The largest absolute Gasteiger partial charge is 0.258 e. The smallest absolute Gasteiger partial charge is 0.100 e. The normalized spacial score (nSPS) is 10.7. The highest BCUT2D eigenvalue weighted by molar-refractivity contribution is 14.1. The second kappa shape index (κ2) is 4.05. The van der Waals surface area contributed by atoms with E-state index in [0.29, 0.717) is 0 Å². The Morgan fingerprint density at radius 2 is 2.29 bits per heavy atom. The van der Waals surface area contributed by atoms with Crippen molar-refractivity contribution in [2.45, 2.75) is 0 Å². The highest BCUT2D eigenvalue weighted by atomic mass is 127. The summed E-state index contributed by atoms with van der Waals surface area (Å²) in [6.45, 7) is 6.79. The van der Waals surface area contributed by atoms with Gasteiger partial charge < -0.3 is 0 Å². The molecular weight excluding hydrogens is 201 g/mol. The lowest BCUT2D eigenvalue weighted by Gasteiger charge is -1.77. The highest BCUT2D eigenvalue weighted by Crippen LogP contribution is 2.04. The SMILES string of the molecule is C=C/C=C(/I)N=C. The van der Waals surface area contributed by atoms with Crippen LogP contribution in [0.25, 0.3) is 0 Å². The monoisotopic (exact) mass is 207 g/mol. The second-order valence-electron chi connectivity index (χ2n) is 0.883. The van der Waals surface area contributed by atoms with Gasteiger partial charge in [-0.25, -0.2) is 0 Å². The Kier molecular flexibility index (Phi) is 3.98. The molecule has 0 amide bonds. The molecule has 0 bridgehead atoms. The molecule has 0 aromatic carbocycles. The number of aliphatic imine (C=N–C) groups is 1. The third-order valence-electron chi connectivity index (χ3n) is 0.406. The Balaban J connectivity index is 3.72. The molecule has 0 aromatic heterocycles. The average Bonchev–Trinajstić information content (AvgIpc) is 1.68. The second-order valence-corrected chi connectivity index (χ2v) is 1.99. The Bertz CT molecular complexity index is 105. The maximum atomic E-state index is 3.60. The molecule has 2 heteroatoms. The molecule has 0 aromatic rings. The first-order valence-electron chi connectivity index (χ1n) is 1.76. The van der Waals surface area contributed by atoms with E-state index >= 15 is 0 Å². The molecule has 0 fully saturated rings. The molecule has 0 N–H and O–H groups in total. The van der Waals surface area contributed by atoms with E-state index in [9.17, 15) is 0 Å². The van der Waals surface area contributed by atoms with Crippen molar-refractivity contribution in [1.82, 2.24) is 0 Å². The van der Waals surface area contributed by atoms with E-state index in [0.717, 1.165) is 3.70 Å². The predicted octanol–water partition coefficient (Wildman–Crippen LogP) is 2.15. The molecule has 0 radical (unpaired) electrons. The van der Waals surface area contributed by atoms with Crippen LogP contribution in [0.2, 0.25) is 0 Å². The number of halogens is 1. The van der Waals surface area contributed by atoms with Crippen LogP contribution in [0.3, 0.4) is 0 Å². The van der Waals surface area contributed by atoms with Crippen LogP contribution in [0.1, 0.15) is 0 Å². The maximum Gasteiger partial charge on any atom is 0.100 e. The summed E-state index contributed by atoms with van der Waals surface area (Å²) in [5.41, 5.74) is 0. The van der Waals surface area contributed by atoms with E-state index in [4.69, 9.17) is 0 Å². The first-order valence-corrected chi connectivity index (χ1v) is 2.84. The minimum atomic E-state index is 0.868. The zero-order chi connectivity index (χ0) is 5.70. The third kappa shape index (κ3) is 3.72. The van der Waals surface area contributed by atoms with Crippen LogP contribution < -0.4 is 0 Å². The molecular formula is C5H6IN. The number of rotatable bonds is 2. The summed E-state index contributed by atoms with van der Waals surface area (Å²) in [6, 6.07) is 0. The van der Waals surface area contributed by atoms with E-state index in [1.165, 1.54) is 0 Å². The fraction of sp³-hybridized carbons (Fsp3) is 0. The van der Waals surface area contributed by atoms with Crippen molar-refractivity contribution in [3.63, 3.8) is 0 Å². The first kappa shape index (κ1) is 6.88. The topological polar surface area (TPSA) is 12.4 Å². The Morgan fingerprint density at radius 3 is 2.43 bits per heavy atom. The minimum absolute atomic E-state index is 0.868. The van der Waals surface area contributed by atoms with Crippen LogP contribution in [-0.4, -0.2) is 6.72 Å². The molecule has 0 unspecified atom stereocenters. The van der Waals surface area contributed by atoms with Crippen LogP contribution in [0, 0.1) is 0 Å². The van der Waals surface area contributed by atoms with E-state index in [1.54, 1.807) is 12.2 Å². The lowest BCUT2D eigenvalue weighted by Crippen LogP contribution is -1.53. The van der Waals surface area contributed by atoms with Gasteiger partial charge in [0.25, 0.3) is 0 Å². The molecule has 1 nitrogen and oxygen atoms in total. The van der Waals surface area contributed by atoms with Crippen molar-refractivity contribution in [2.24, 2.45) is 4.99 Å². The van der Waals surface area contributed by atoms with Gasteiger partial charge in [0.1, 0.15) is 3.70 Å². The maximum absolute atomic E-state index is 3.60. The van der Waals surface area contributed by atoms with Crippen molar-refractivity contribution in [3.05, 3.63) is 22.4 Å². The Hall–Kier alpha value is -0.120. The fourth-order valence-corrected chi connectivity index (χ4v) is 0.404. The molecule has 0 aliphatic carbocycles. The lowest BCUT2D eigenvalue weighted by molar-refractivity contribution is 1.60. The van der Waals surface area contributed by atoms with E-state index in [1.807, 2.05) is 0 Å². The minimum Gasteiger partial charge on any atom is -0.258 e. The zero-order valence-electron chi connectivity index (χ0n) is 3.89. The number of nitrogens with zero attached hydrogens (tertiary/aromatic N) is 1. The van der Waals surface area contributed by atoms with Gasteiger partial charge in [0.05, 0.1) is 0 Å². The molecule has 0 aliphatic heterocycles. The van der Waals surface area contributed by atoms with E-state index in [2.05, 4.69) is 40.9 Å². The highest BCUT2D eigenvalue weighted by Gasteiger charge is 1.72. The van der Waals surface area contributed by atoms with Gasteiger partial charge in [-0.2, -0.15) is 0 Å². The summed E-state index contributed by atoms with van der Waals surface area (Å²) in [5, 5.41) is 0. The van der Waals surface area contributed by atoms with Crippen LogP contribution in [0.5, 0.6) is 0 Å². The van der Waals surface area contributed by atoms with Crippen LogP contribution in [0.15, 0.2) is 27.4 Å². The molecule has 0 rings (SSSR count). The molecule has 0 saturated heterocycles. The number of allylic oxidation sites excluding steroid dienone is 2. The first-order chi connectivity index (χ1) is 3.31. The van der Waals surface area contributed by atoms with Gasteiger partial charge in [0, 0.05) is 0 Å². The summed E-state index contributed by atoms with van der Waals surface area (Å²) < 4.78 is 0.868. The molecule has 0 aliphatic rings. The summed E-state index contributed by atoms with van der Waals surface area (Å²) in [6.07, 6.45) is 3.46. The van der Waals surface area contributed by atoms with Gasteiger partial charge in [-0.05, 0) is 35.4 Å². The van der Waals surface area contributed by atoms with E-state index in [-0.39, 0.29) is 0 Å². The van der Waals surface area contributed by atoms with Crippen molar-refractivity contribution < 1.29 is 0 Å². The van der Waals surface area contributed by atoms with Gasteiger partial charge in [-0.15, -0.1) is 0 Å². The van der Waals surface area contributed by atoms with Crippen LogP contribution in [-0.2, 0) is 0 Å². The van der Waals surface area contributed by atoms with Crippen molar-refractivity contribution in [2.75, 3.05) is 0 Å². The molecule has 7 heavy (non-hydrogen) atoms. The fourth-order valence-electron chi connectivity index (χ4n) is 0.150. The van der Waals surface area contributed by atoms with Gasteiger partial charge in [-0.3, -0.25) is 4.99 Å². The van der Waals surface area contributed by atoms with Gasteiger partial charge in [-0.1, -0.05) is 12.7 Å². The molecule has 38 valence electrons. The van der Waals surface area contributed by atoms with Gasteiger partial charge in [0.2, 0.25) is 0 Å². The lowest BCUT2D eigenvalue weighted by atomic mass is 10.6. The summed E-state index contributed by atoms with van der Waals surface area (Å²) in [5.74, 6) is 0. The van der Waals surface area contributed by atoms with Crippen LogP contribution >= 0.6 is 22.6 Å². The summed E-state index contributed by atoms with van der Waals surface area (Å²) in [4.78, 5) is 3.60. The van der Waals surface area contributed by atoms with Crippen molar-refractivity contribution in [1.29, 1.82) is 0 Å². The third-order valence-corrected chi connectivity index (χ3v) is 1.11. The summed E-state index contributed by atoms with van der Waals surface area (Å²) in [7, 11) is 0. The number of hydrogen-bond donors (Lipinski definition) is 0. The quantitative estimate of drug-likeness (QED) is 0.284. The Morgan fingerprint density at radius 1 is 1.71 bits per heavy atom. The van der Waals surface area contributed by atoms with E-state index < -0.39 is 0 Å². The zero-order valence-corrected chi connectivity index (χ0v) is 6.05. The molecule has 0 saturated carbocycles. The average molecular weight is 207 g/mol. The van der Waals surface area contributed by atoms with Crippen molar-refractivity contribution in [3.8, 4) is 0 Å². The van der Waals surface area contributed by atoms with Gasteiger partial charge in [0.15, 0.2) is 0 Å². The summed E-state index contributed by atoms with van der Waals surface area (Å²) >= 11 is 2.07. The Labute approximate surface area is 57.0 Å². The number of hydrogen-bond acceptors (Lipinski definition) is 1. The van der Waals surface area contributed by atoms with Crippen molar-refractivity contribution >= 4 is 29.3 Å². The molecule has 0 atom stereocenters. The molecule has 0 spiro atoms.